The Hall–Kier alpha value is -1.09. The number of hydrogen-bond donors (Lipinski definition) is 0. The predicted octanol–water partition coefficient (Wildman–Crippen LogP) is 2.30. The molecule has 0 spiro atoms. The van der Waals surface area contributed by atoms with E-state index in [0.29, 0.717) is 17.5 Å². The number of carbonyl (C=O) groups is 1. The van der Waals surface area contributed by atoms with E-state index in [2.05, 4.69) is 4.98 Å². The molecule has 2 rings (SSSR count). The first-order chi connectivity index (χ1) is 6.75. The summed E-state index contributed by atoms with van der Waals surface area (Å²) < 4.78 is 5.05. The van der Waals surface area contributed by atoms with Crippen LogP contribution in [0.4, 0.5) is 0 Å². The Kier molecular flexibility index (Phi) is 2.68. The number of nitrogens with zero attached hydrogens (tertiary/aromatic N) is 1. The largest absolute Gasteiger partial charge is 0.461 e. The van der Waals surface area contributed by atoms with Crippen molar-refractivity contribution >= 4 is 17.6 Å². The summed E-state index contributed by atoms with van der Waals surface area (Å²) in [5.41, 5.74) is 0.276. The highest BCUT2D eigenvalue weighted by molar-refractivity contribution is 6.30. The summed E-state index contributed by atoms with van der Waals surface area (Å²) in [7, 11) is 0. The van der Waals surface area contributed by atoms with Gasteiger partial charge in [0.25, 0.3) is 0 Å². The van der Waals surface area contributed by atoms with E-state index in [1.165, 1.54) is 12.3 Å². The van der Waals surface area contributed by atoms with Crippen LogP contribution in [0.25, 0.3) is 0 Å². The number of esters is 1. The highest BCUT2D eigenvalue weighted by Crippen LogP contribution is 2.29. The summed E-state index contributed by atoms with van der Waals surface area (Å²) >= 11 is 5.72. The van der Waals surface area contributed by atoms with Gasteiger partial charge in [0.15, 0.2) is 0 Å². The molecule has 4 heteroatoms. The average Bonchev–Trinajstić information content (AvgIpc) is 2.97. The summed E-state index contributed by atoms with van der Waals surface area (Å²) in [5, 5.41) is 0.498. The minimum Gasteiger partial charge on any atom is -0.461 e. The third-order valence-electron chi connectivity index (χ3n) is 2.08. The van der Waals surface area contributed by atoms with Gasteiger partial charge in [0.05, 0.1) is 6.61 Å². The van der Waals surface area contributed by atoms with Crippen LogP contribution < -0.4 is 0 Å². The maximum absolute atomic E-state index is 11.4. The van der Waals surface area contributed by atoms with Crippen LogP contribution >= 0.6 is 11.6 Å². The Morgan fingerprint density at radius 2 is 2.43 bits per heavy atom. The van der Waals surface area contributed by atoms with E-state index in [0.717, 1.165) is 12.8 Å². The fourth-order valence-electron chi connectivity index (χ4n) is 1.07. The molecule has 0 amide bonds. The fraction of sp³-hybridized carbons (Fsp3) is 0.400. The minimum absolute atomic E-state index is 0.276. The molecule has 1 aliphatic carbocycles. The number of carbonyl (C=O) groups excluding carboxylic acids is 1. The Balaban J connectivity index is 1.95. The van der Waals surface area contributed by atoms with Crippen LogP contribution in [0.3, 0.4) is 0 Å². The predicted molar refractivity (Wildman–Crippen MR) is 52.3 cm³/mol. The second-order valence-corrected chi connectivity index (χ2v) is 3.84. The molecule has 1 saturated carbocycles. The van der Waals surface area contributed by atoms with E-state index in [9.17, 15) is 4.79 Å². The third-order valence-corrected chi connectivity index (χ3v) is 2.31. The van der Waals surface area contributed by atoms with E-state index in [-0.39, 0.29) is 11.7 Å². The van der Waals surface area contributed by atoms with E-state index in [1.54, 1.807) is 6.07 Å². The molecular formula is C10H10ClNO2. The Morgan fingerprint density at radius 1 is 1.64 bits per heavy atom. The summed E-state index contributed by atoms with van der Waals surface area (Å²) in [5.74, 6) is 0.178. The topological polar surface area (TPSA) is 39.2 Å². The van der Waals surface area contributed by atoms with Crippen molar-refractivity contribution in [3.63, 3.8) is 0 Å². The lowest BCUT2D eigenvalue weighted by Crippen LogP contribution is -2.09. The van der Waals surface area contributed by atoms with Crippen molar-refractivity contribution in [2.24, 2.45) is 5.92 Å². The maximum Gasteiger partial charge on any atom is 0.356 e. The van der Waals surface area contributed by atoms with E-state index in [1.807, 2.05) is 0 Å². The van der Waals surface area contributed by atoms with Gasteiger partial charge < -0.3 is 4.74 Å². The summed E-state index contributed by atoms with van der Waals surface area (Å²) in [6.45, 7) is 0.507. The van der Waals surface area contributed by atoms with Crippen molar-refractivity contribution in [1.29, 1.82) is 0 Å². The van der Waals surface area contributed by atoms with Crippen LogP contribution in [0.5, 0.6) is 0 Å². The molecule has 3 nitrogen and oxygen atoms in total. The molecule has 1 heterocycles. The van der Waals surface area contributed by atoms with Crippen molar-refractivity contribution in [3.8, 4) is 0 Å². The molecule has 74 valence electrons. The number of pyridine rings is 1. The molecule has 0 aliphatic heterocycles. The van der Waals surface area contributed by atoms with Crippen molar-refractivity contribution < 1.29 is 9.53 Å². The van der Waals surface area contributed by atoms with Gasteiger partial charge in [-0.1, -0.05) is 11.6 Å². The van der Waals surface area contributed by atoms with Crippen LogP contribution in [0.1, 0.15) is 23.3 Å². The zero-order valence-electron chi connectivity index (χ0n) is 7.57. The standard InChI is InChI=1S/C10H10ClNO2/c11-8-3-4-12-9(5-8)10(13)14-6-7-1-2-7/h3-5,7H,1-2,6H2. The van der Waals surface area contributed by atoms with Crippen LogP contribution in [0.2, 0.25) is 5.02 Å². The van der Waals surface area contributed by atoms with Crippen LogP contribution in [-0.2, 0) is 4.74 Å². The molecule has 0 bridgehead atoms. The monoisotopic (exact) mass is 211 g/mol. The van der Waals surface area contributed by atoms with Gasteiger partial charge in [-0.15, -0.1) is 0 Å². The second kappa shape index (κ2) is 3.96. The molecule has 1 aromatic heterocycles. The Labute approximate surface area is 87.0 Å². The highest BCUT2D eigenvalue weighted by Gasteiger charge is 2.23. The Bertz CT molecular complexity index is 350. The summed E-state index contributed by atoms with van der Waals surface area (Å²) in [6.07, 6.45) is 3.82. The van der Waals surface area contributed by atoms with Crippen molar-refractivity contribution in [2.45, 2.75) is 12.8 Å². The van der Waals surface area contributed by atoms with Gasteiger partial charge in [0, 0.05) is 11.2 Å². The van der Waals surface area contributed by atoms with E-state index >= 15 is 0 Å². The average molecular weight is 212 g/mol. The number of halogens is 1. The van der Waals surface area contributed by atoms with Crippen LogP contribution in [0.15, 0.2) is 18.3 Å². The number of rotatable bonds is 3. The van der Waals surface area contributed by atoms with Gasteiger partial charge in [0.2, 0.25) is 0 Å². The lowest BCUT2D eigenvalue weighted by atomic mass is 10.3. The molecule has 0 N–H and O–H groups in total. The normalized spacial score (nSPS) is 15.2. The maximum atomic E-state index is 11.4. The first-order valence-corrected chi connectivity index (χ1v) is 4.92. The second-order valence-electron chi connectivity index (χ2n) is 3.40. The molecule has 1 aromatic rings. The van der Waals surface area contributed by atoms with Crippen molar-refractivity contribution in [3.05, 3.63) is 29.0 Å². The number of ether oxygens (including phenoxy) is 1. The number of hydrogen-bond acceptors (Lipinski definition) is 3. The molecule has 0 atom stereocenters. The van der Waals surface area contributed by atoms with Gasteiger partial charge in [-0.3, -0.25) is 0 Å². The van der Waals surface area contributed by atoms with Gasteiger partial charge in [0.1, 0.15) is 5.69 Å². The molecular weight excluding hydrogens is 202 g/mol. The Morgan fingerprint density at radius 3 is 3.07 bits per heavy atom. The fourth-order valence-corrected chi connectivity index (χ4v) is 1.23. The molecule has 14 heavy (non-hydrogen) atoms. The quantitative estimate of drug-likeness (QED) is 0.721. The van der Waals surface area contributed by atoms with Crippen molar-refractivity contribution in [2.75, 3.05) is 6.61 Å². The lowest BCUT2D eigenvalue weighted by Gasteiger charge is -2.02. The van der Waals surface area contributed by atoms with Gasteiger partial charge in [-0.05, 0) is 30.9 Å². The van der Waals surface area contributed by atoms with Crippen LogP contribution in [-0.4, -0.2) is 17.6 Å². The smallest absolute Gasteiger partial charge is 0.356 e. The third kappa shape index (κ3) is 2.45. The van der Waals surface area contributed by atoms with Gasteiger partial charge in [-0.25, -0.2) is 9.78 Å². The molecule has 0 aromatic carbocycles. The lowest BCUT2D eigenvalue weighted by molar-refractivity contribution is 0.0479. The summed E-state index contributed by atoms with van der Waals surface area (Å²) in [6, 6.07) is 3.13. The molecule has 0 unspecified atom stereocenters. The van der Waals surface area contributed by atoms with Crippen LogP contribution in [0, 0.1) is 5.92 Å². The minimum atomic E-state index is -0.389. The zero-order chi connectivity index (χ0) is 9.97. The molecule has 1 aliphatic rings. The van der Waals surface area contributed by atoms with Gasteiger partial charge in [-0.2, -0.15) is 0 Å². The summed E-state index contributed by atoms with van der Waals surface area (Å²) in [4.78, 5) is 15.3. The van der Waals surface area contributed by atoms with Gasteiger partial charge >= 0.3 is 5.97 Å². The first kappa shape index (κ1) is 9.46. The van der Waals surface area contributed by atoms with E-state index < -0.39 is 0 Å². The van der Waals surface area contributed by atoms with E-state index in [4.69, 9.17) is 16.3 Å². The SMILES string of the molecule is O=C(OCC1CC1)c1cc(Cl)ccn1. The molecule has 1 fully saturated rings. The molecule has 0 radical (unpaired) electrons. The van der Waals surface area contributed by atoms with Crippen molar-refractivity contribution in [1.82, 2.24) is 4.98 Å². The molecule has 0 saturated heterocycles. The zero-order valence-corrected chi connectivity index (χ0v) is 8.33. The number of aromatic nitrogens is 1. The highest BCUT2D eigenvalue weighted by atomic mass is 35.5. The first-order valence-electron chi connectivity index (χ1n) is 4.54.